The van der Waals surface area contributed by atoms with Crippen LogP contribution in [0.5, 0.6) is 0 Å². The lowest BCUT2D eigenvalue weighted by atomic mass is 9.88. The molecule has 3 nitrogen and oxygen atoms in total. The predicted molar refractivity (Wildman–Crippen MR) is 65.0 cm³/mol. The first kappa shape index (κ1) is 11.9. The van der Waals surface area contributed by atoms with E-state index in [2.05, 4.69) is 23.3 Å². The zero-order chi connectivity index (χ0) is 11.4. The number of carbonyl (C=O) groups is 1. The first-order chi connectivity index (χ1) is 7.77. The Bertz CT molecular complexity index is 236. The van der Waals surface area contributed by atoms with Crippen molar-refractivity contribution in [2.24, 2.45) is 5.92 Å². The molecule has 1 saturated heterocycles. The molecular weight excluding hydrogens is 200 g/mol. The molecule has 2 aliphatic rings. The number of hydrogen-bond acceptors (Lipinski definition) is 2. The average molecular weight is 223 g/mol. The lowest BCUT2D eigenvalue weighted by Gasteiger charge is -2.28. The third-order valence-electron chi connectivity index (χ3n) is 3.79. The fraction of sp³-hybridized carbons (Fsp3) is 0.846. The zero-order valence-corrected chi connectivity index (χ0v) is 10.3. The maximum atomic E-state index is 12.3. The van der Waals surface area contributed by atoms with Crippen LogP contribution in [0.15, 0.2) is 0 Å². The smallest absolute Gasteiger partial charge is 0.225 e. The molecule has 91 valence electrons. The molecule has 1 saturated carbocycles. The van der Waals surface area contributed by atoms with Gasteiger partial charge in [-0.3, -0.25) is 4.79 Å². The van der Waals surface area contributed by atoms with Gasteiger partial charge in [0.2, 0.25) is 5.91 Å². The van der Waals surface area contributed by atoms with E-state index in [1.807, 2.05) is 0 Å². The summed E-state index contributed by atoms with van der Waals surface area (Å²) in [4.78, 5) is 16.7. The summed E-state index contributed by atoms with van der Waals surface area (Å²) < 4.78 is 0. The Hall–Kier alpha value is -0.570. The van der Waals surface area contributed by atoms with Crippen LogP contribution in [0.1, 0.15) is 32.1 Å². The number of carbonyl (C=O) groups excluding carboxylic acids is 1. The van der Waals surface area contributed by atoms with Crippen molar-refractivity contribution in [2.45, 2.75) is 32.1 Å². The highest BCUT2D eigenvalue weighted by Crippen LogP contribution is 2.25. The average Bonchev–Trinajstić information content (AvgIpc) is 2.54. The number of hydrogen-bond donors (Lipinski definition) is 0. The van der Waals surface area contributed by atoms with Gasteiger partial charge < -0.3 is 9.80 Å². The second-order valence-electron chi connectivity index (χ2n) is 5.13. The Kier molecular flexibility index (Phi) is 4.22. The first-order valence-electron chi connectivity index (χ1n) is 6.56. The zero-order valence-electron chi connectivity index (χ0n) is 10.3. The molecule has 0 aromatic heterocycles. The largest absolute Gasteiger partial charge is 0.341 e. The molecule has 1 heterocycles. The van der Waals surface area contributed by atoms with E-state index < -0.39 is 0 Å². The highest BCUT2D eigenvalue weighted by atomic mass is 16.2. The van der Waals surface area contributed by atoms with E-state index in [0.717, 1.165) is 45.4 Å². The van der Waals surface area contributed by atoms with Gasteiger partial charge in [0.15, 0.2) is 0 Å². The van der Waals surface area contributed by atoms with E-state index in [1.165, 1.54) is 12.8 Å². The second kappa shape index (κ2) is 5.67. The molecule has 1 unspecified atom stereocenters. The Labute approximate surface area is 98.8 Å². The van der Waals surface area contributed by atoms with E-state index in [9.17, 15) is 4.79 Å². The Morgan fingerprint density at radius 2 is 2.06 bits per heavy atom. The molecular formula is C13H23N2O. The number of amides is 1. The molecule has 1 radical (unpaired) electrons. The van der Waals surface area contributed by atoms with Gasteiger partial charge in [-0.2, -0.15) is 0 Å². The Balaban J connectivity index is 1.87. The van der Waals surface area contributed by atoms with Crippen LogP contribution in [0.3, 0.4) is 0 Å². The molecule has 1 atom stereocenters. The first-order valence-corrected chi connectivity index (χ1v) is 6.56. The molecule has 1 aliphatic heterocycles. The van der Waals surface area contributed by atoms with E-state index in [1.54, 1.807) is 0 Å². The van der Waals surface area contributed by atoms with Gasteiger partial charge in [0.05, 0.1) is 0 Å². The molecule has 0 N–H and O–H groups in total. The minimum atomic E-state index is 0.289. The minimum Gasteiger partial charge on any atom is -0.341 e. The highest BCUT2D eigenvalue weighted by Gasteiger charge is 2.26. The van der Waals surface area contributed by atoms with Crippen molar-refractivity contribution >= 4 is 5.91 Å². The van der Waals surface area contributed by atoms with Crippen LogP contribution in [0, 0.1) is 12.3 Å². The van der Waals surface area contributed by atoms with E-state index in [-0.39, 0.29) is 5.92 Å². The van der Waals surface area contributed by atoms with Crippen LogP contribution in [0.4, 0.5) is 0 Å². The highest BCUT2D eigenvalue weighted by molar-refractivity contribution is 5.79. The maximum Gasteiger partial charge on any atom is 0.225 e. The van der Waals surface area contributed by atoms with Crippen molar-refractivity contribution in [3.05, 3.63) is 6.42 Å². The van der Waals surface area contributed by atoms with Crippen LogP contribution in [-0.2, 0) is 4.79 Å². The van der Waals surface area contributed by atoms with E-state index in [4.69, 9.17) is 0 Å². The van der Waals surface area contributed by atoms with Crippen molar-refractivity contribution in [1.82, 2.24) is 9.80 Å². The summed E-state index contributed by atoms with van der Waals surface area (Å²) >= 11 is 0. The summed E-state index contributed by atoms with van der Waals surface area (Å²) in [5.41, 5.74) is 0. The molecule has 0 aromatic rings. The maximum absolute atomic E-state index is 12.3. The lowest BCUT2D eigenvalue weighted by Crippen LogP contribution is -2.39. The van der Waals surface area contributed by atoms with Crippen LogP contribution >= 0.6 is 0 Å². The number of likely N-dealkylation sites (N-methyl/N-ethyl adjacent to an activating group) is 1. The van der Waals surface area contributed by atoms with E-state index >= 15 is 0 Å². The lowest BCUT2D eigenvalue weighted by molar-refractivity contribution is -0.136. The van der Waals surface area contributed by atoms with Crippen molar-refractivity contribution in [2.75, 3.05) is 33.2 Å². The minimum absolute atomic E-state index is 0.289. The quantitative estimate of drug-likeness (QED) is 0.673. The van der Waals surface area contributed by atoms with Crippen LogP contribution in [-0.4, -0.2) is 48.9 Å². The van der Waals surface area contributed by atoms with Crippen LogP contribution in [0.25, 0.3) is 0 Å². The second-order valence-corrected chi connectivity index (χ2v) is 5.13. The summed E-state index contributed by atoms with van der Waals surface area (Å²) in [6, 6.07) is 0. The van der Waals surface area contributed by atoms with Crippen molar-refractivity contribution in [3.8, 4) is 0 Å². The molecule has 0 aromatic carbocycles. The van der Waals surface area contributed by atoms with Crippen LogP contribution < -0.4 is 0 Å². The van der Waals surface area contributed by atoms with Gasteiger partial charge >= 0.3 is 0 Å². The SMILES string of the molecule is CN1CCCN(C(=O)C2C[CH]CCC2)CC1. The third kappa shape index (κ3) is 2.97. The number of nitrogens with zero attached hydrogens (tertiary/aromatic N) is 2. The summed E-state index contributed by atoms with van der Waals surface area (Å²) in [5, 5.41) is 0. The van der Waals surface area contributed by atoms with Crippen LogP contribution in [0.2, 0.25) is 0 Å². The van der Waals surface area contributed by atoms with Gasteiger partial charge in [-0.25, -0.2) is 0 Å². The molecule has 2 rings (SSSR count). The Morgan fingerprint density at radius 3 is 2.81 bits per heavy atom. The van der Waals surface area contributed by atoms with Gasteiger partial charge in [-0.05, 0) is 39.3 Å². The van der Waals surface area contributed by atoms with Gasteiger partial charge in [0.25, 0.3) is 0 Å². The topological polar surface area (TPSA) is 23.6 Å². The van der Waals surface area contributed by atoms with Crippen molar-refractivity contribution in [1.29, 1.82) is 0 Å². The molecule has 1 aliphatic carbocycles. The molecule has 1 amide bonds. The molecule has 16 heavy (non-hydrogen) atoms. The summed E-state index contributed by atoms with van der Waals surface area (Å²) in [6.07, 6.45) is 7.91. The summed E-state index contributed by atoms with van der Waals surface area (Å²) in [5.74, 6) is 0.698. The van der Waals surface area contributed by atoms with Crippen molar-refractivity contribution in [3.63, 3.8) is 0 Å². The predicted octanol–water partition coefficient (Wildman–Crippen LogP) is 1.54. The molecule has 0 bridgehead atoms. The monoisotopic (exact) mass is 223 g/mol. The van der Waals surface area contributed by atoms with Gasteiger partial charge in [-0.1, -0.05) is 12.8 Å². The third-order valence-corrected chi connectivity index (χ3v) is 3.79. The molecule has 0 spiro atoms. The normalized spacial score (nSPS) is 25.4. The van der Waals surface area contributed by atoms with Gasteiger partial charge in [0, 0.05) is 25.6 Å². The Morgan fingerprint density at radius 1 is 1.19 bits per heavy atom. The summed E-state index contributed by atoms with van der Waals surface area (Å²) in [6.45, 7) is 4.04. The number of rotatable bonds is 1. The van der Waals surface area contributed by atoms with E-state index in [0.29, 0.717) is 5.91 Å². The van der Waals surface area contributed by atoms with Gasteiger partial charge in [0.1, 0.15) is 0 Å². The standard InChI is InChI=1S/C13H23N2O/c1-14-8-5-9-15(11-10-14)13(16)12-6-3-2-4-7-12/h3,12H,2,4-11H2,1H3. The fourth-order valence-corrected chi connectivity index (χ4v) is 2.69. The molecule has 2 fully saturated rings. The summed E-state index contributed by atoms with van der Waals surface area (Å²) in [7, 11) is 2.14. The molecule has 3 heteroatoms. The van der Waals surface area contributed by atoms with Crippen molar-refractivity contribution < 1.29 is 4.79 Å². The van der Waals surface area contributed by atoms with Gasteiger partial charge in [-0.15, -0.1) is 0 Å². The fourth-order valence-electron chi connectivity index (χ4n) is 2.69.